The summed E-state index contributed by atoms with van der Waals surface area (Å²) in [6.45, 7) is 1.09. The summed E-state index contributed by atoms with van der Waals surface area (Å²) in [4.78, 5) is 8.85. The molecule has 0 aromatic rings. The molecule has 1 aliphatic rings. The van der Waals surface area contributed by atoms with E-state index in [9.17, 15) is 8.96 Å². The normalized spacial score (nSPS) is 35.9. The molecule has 1 rings (SSSR count). The van der Waals surface area contributed by atoms with Crippen molar-refractivity contribution in [3.05, 3.63) is 0 Å². The van der Waals surface area contributed by atoms with Gasteiger partial charge in [-0.3, -0.25) is 4.57 Å². The highest BCUT2D eigenvalue weighted by atomic mass is 31.2. The molecule has 72 valence electrons. The van der Waals surface area contributed by atoms with E-state index in [1.807, 2.05) is 0 Å². The fraction of sp³-hybridized carbons (Fsp3) is 1.00. The fourth-order valence-corrected chi connectivity index (χ4v) is 2.16. The molecule has 12 heavy (non-hydrogen) atoms. The van der Waals surface area contributed by atoms with E-state index >= 15 is 0 Å². The Kier molecular flexibility index (Phi) is 3.27. The highest BCUT2D eigenvalue weighted by molar-refractivity contribution is 7.51. The average molecular weight is 196 g/mol. The van der Waals surface area contributed by atoms with Crippen LogP contribution in [-0.2, 0) is 9.09 Å². The first-order valence-corrected chi connectivity index (χ1v) is 6.14. The number of hydrogen-bond acceptors (Lipinski definition) is 2. The zero-order valence-electron chi connectivity index (χ0n) is 7.07. The molecule has 1 N–H and O–H groups in total. The molecule has 0 saturated heterocycles. The minimum Gasteiger partial charge on any atom is -0.324 e. The molecule has 3 nitrogen and oxygen atoms in total. The van der Waals surface area contributed by atoms with Gasteiger partial charge in [-0.15, -0.1) is 0 Å². The van der Waals surface area contributed by atoms with E-state index in [-0.39, 0.29) is 0 Å². The fourth-order valence-electron chi connectivity index (χ4n) is 1.42. The van der Waals surface area contributed by atoms with E-state index < -0.39 is 19.9 Å². The summed E-state index contributed by atoms with van der Waals surface area (Å²) in [5.41, 5.74) is 0. The summed E-state index contributed by atoms with van der Waals surface area (Å²) in [5, 5.41) is 0. The summed E-state index contributed by atoms with van der Waals surface area (Å²) in [5.74, 6) is 0. The third-order valence-corrected chi connectivity index (χ3v) is 2.61. The third kappa shape index (κ3) is 3.21. The van der Waals surface area contributed by atoms with Crippen LogP contribution in [0.4, 0.5) is 4.39 Å². The van der Waals surface area contributed by atoms with E-state index in [2.05, 4.69) is 0 Å². The highest BCUT2D eigenvalue weighted by Gasteiger charge is 2.29. The molecule has 1 saturated carbocycles. The summed E-state index contributed by atoms with van der Waals surface area (Å²) in [7, 11) is -3.51. The molecule has 3 unspecified atom stereocenters. The summed E-state index contributed by atoms with van der Waals surface area (Å²) in [6, 6.07) is 0. The van der Waals surface area contributed by atoms with Crippen molar-refractivity contribution in [3.8, 4) is 0 Å². The average Bonchev–Trinajstić information content (AvgIpc) is 1.91. The van der Waals surface area contributed by atoms with Crippen molar-refractivity contribution in [2.45, 2.75) is 38.0 Å². The second-order valence-corrected chi connectivity index (χ2v) is 5.06. The number of halogens is 1. The Hall–Kier alpha value is 0.0800. The molecule has 0 amide bonds. The minimum atomic E-state index is -3.51. The van der Waals surface area contributed by atoms with Crippen LogP contribution in [0.15, 0.2) is 0 Å². The Labute approximate surface area is 71.5 Å². The van der Waals surface area contributed by atoms with Crippen molar-refractivity contribution in [2.75, 3.05) is 6.66 Å². The molecule has 0 aromatic heterocycles. The maximum absolute atomic E-state index is 13.0. The van der Waals surface area contributed by atoms with Gasteiger partial charge in [0.05, 0.1) is 6.10 Å². The Morgan fingerprint density at radius 2 is 2.08 bits per heavy atom. The van der Waals surface area contributed by atoms with Crippen molar-refractivity contribution < 1.29 is 18.4 Å². The van der Waals surface area contributed by atoms with Gasteiger partial charge >= 0.3 is 7.60 Å². The lowest BCUT2D eigenvalue weighted by Gasteiger charge is -2.26. The highest BCUT2D eigenvalue weighted by Crippen LogP contribution is 2.42. The first-order chi connectivity index (χ1) is 5.49. The second kappa shape index (κ2) is 3.86. The van der Waals surface area contributed by atoms with E-state index in [4.69, 9.17) is 9.42 Å². The molecule has 0 radical (unpaired) electrons. The molecule has 1 aliphatic carbocycles. The van der Waals surface area contributed by atoms with Crippen LogP contribution < -0.4 is 0 Å². The predicted octanol–water partition coefficient (Wildman–Crippen LogP) is 2.10. The number of alkyl halides is 1. The van der Waals surface area contributed by atoms with Crippen molar-refractivity contribution in [1.82, 2.24) is 0 Å². The lowest BCUT2D eigenvalue weighted by Crippen LogP contribution is -2.27. The van der Waals surface area contributed by atoms with Crippen LogP contribution in [0.25, 0.3) is 0 Å². The zero-order chi connectivity index (χ0) is 9.19. The molecule has 5 heteroatoms. The van der Waals surface area contributed by atoms with Gasteiger partial charge in [0, 0.05) is 6.66 Å². The monoisotopic (exact) mass is 196 g/mol. The molecule has 0 aromatic carbocycles. The largest absolute Gasteiger partial charge is 0.325 e. The minimum absolute atomic E-state index is 0.449. The number of rotatable bonds is 2. The molecule has 0 spiro atoms. The SMILES string of the molecule is CP(=O)(O)OC1CCCCC1F. The van der Waals surface area contributed by atoms with Gasteiger partial charge in [0.25, 0.3) is 0 Å². The van der Waals surface area contributed by atoms with Gasteiger partial charge in [0.1, 0.15) is 6.17 Å². The smallest absolute Gasteiger partial charge is 0.324 e. The zero-order valence-corrected chi connectivity index (χ0v) is 7.97. The summed E-state index contributed by atoms with van der Waals surface area (Å²) < 4.78 is 28.5. The Morgan fingerprint density at radius 1 is 1.50 bits per heavy atom. The van der Waals surface area contributed by atoms with Crippen molar-refractivity contribution >= 4 is 7.60 Å². The maximum atomic E-state index is 13.0. The number of hydrogen-bond donors (Lipinski definition) is 1. The Bertz CT molecular complexity index is 191. The van der Waals surface area contributed by atoms with Crippen molar-refractivity contribution in [1.29, 1.82) is 0 Å². The first kappa shape index (κ1) is 10.2. The van der Waals surface area contributed by atoms with Gasteiger partial charge in [-0.2, -0.15) is 0 Å². The second-order valence-electron chi connectivity index (χ2n) is 3.25. The Morgan fingerprint density at radius 3 is 2.58 bits per heavy atom. The molecule has 3 atom stereocenters. The standard InChI is InChI=1S/C7H14FO3P/c1-12(9,10)11-7-5-3-2-4-6(7)8/h6-7H,2-5H2,1H3,(H,9,10). The first-order valence-electron chi connectivity index (χ1n) is 4.12. The van der Waals surface area contributed by atoms with Crippen LogP contribution >= 0.6 is 7.60 Å². The van der Waals surface area contributed by atoms with Crippen LogP contribution in [0.3, 0.4) is 0 Å². The molecule has 1 fully saturated rings. The van der Waals surface area contributed by atoms with Gasteiger partial charge in [-0.25, -0.2) is 4.39 Å². The Balaban J connectivity index is 2.44. The summed E-state index contributed by atoms with van der Waals surface area (Å²) in [6.07, 6.45) is 0.995. The van der Waals surface area contributed by atoms with Gasteiger partial charge in [0.2, 0.25) is 0 Å². The van der Waals surface area contributed by atoms with Crippen LogP contribution in [0.2, 0.25) is 0 Å². The molecule has 0 heterocycles. The maximum Gasteiger partial charge on any atom is 0.325 e. The molecule has 0 bridgehead atoms. The van der Waals surface area contributed by atoms with E-state index in [1.165, 1.54) is 0 Å². The van der Waals surface area contributed by atoms with Gasteiger partial charge in [0.15, 0.2) is 0 Å². The lowest BCUT2D eigenvalue weighted by molar-refractivity contribution is 0.0557. The van der Waals surface area contributed by atoms with Gasteiger partial charge in [-0.1, -0.05) is 12.8 Å². The van der Waals surface area contributed by atoms with Crippen LogP contribution in [0.5, 0.6) is 0 Å². The topological polar surface area (TPSA) is 46.5 Å². The quantitative estimate of drug-likeness (QED) is 0.688. The van der Waals surface area contributed by atoms with E-state index in [0.717, 1.165) is 19.5 Å². The third-order valence-electron chi connectivity index (χ3n) is 1.95. The lowest BCUT2D eigenvalue weighted by atomic mass is 9.96. The van der Waals surface area contributed by atoms with Gasteiger partial charge in [-0.05, 0) is 12.8 Å². The van der Waals surface area contributed by atoms with Crippen LogP contribution in [-0.4, -0.2) is 23.8 Å². The van der Waals surface area contributed by atoms with E-state index in [1.54, 1.807) is 0 Å². The van der Waals surface area contributed by atoms with Crippen LogP contribution in [0.1, 0.15) is 25.7 Å². The van der Waals surface area contributed by atoms with Crippen molar-refractivity contribution in [2.24, 2.45) is 0 Å². The van der Waals surface area contributed by atoms with Crippen molar-refractivity contribution in [3.63, 3.8) is 0 Å². The van der Waals surface area contributed by atoms with Crippen LogP contribution in [0, 0.1) is 0 Å². The van der Waals surface area contributed by atoms with Gasteiger partial charge < -0.3 is 9.42 Å². The predicted molar refractivity (Wildman–Crippen MR) is 44.0 cm³/mol. The molecule has 0 aliphatic heterocycles. The molecular weight excluding hydrogens is 182 g/mol. The van der Waals surface area contributed by atoms with E-state index in [0.29, 0.717) is 12.8 Å². The summed E-state index contributed by atoms with van der Waals surface area (Å²) >= 11 is 0. The molecular formula is C7H14FO3P.